The molecule has 1 N–H and O–H groups in total. The number of halogens is 1. The fourth-order valence-electron chi connectivity index (χ4n) is 1.72. The van der Waals surface area contributed by atoms with Gasteiger partial charge in [0.2, 0.25) is 0 Å². The van der Waals surface area contributed by atoms with E-state index in [1.807, 2.05) is 13.2 Å². The Morgan fingerprint density at radius 1 is 1.53 bits per heavy atom. The van der Waals surface area contributed by atoms with Gasteiger partial charge in [-0.1, -0.05) is 23.4 Å². The van der Waals surface area contributed by atoms with E-state index < -0.39 is 0 Å². The quantitative estimate of drug-likeness (QED) is 0.519. The molecule has 94 valence electrons. The van der Waals surface area contributed by atoms with Crippen LogP contribution in [0.15, 0.2) is 5.16 Å². The fraction of sp³-hybridized carbons (Fsp3) is 0.636. The molecule has 1 atom stereocenters. The summed E-state index contributed by atoms with van der Waals surface area (Å²) in [6.07, 6.45) is 3.05. The Balaban J connectivity index is 2.05. The van der Waals surface area contributed by atoms with Gasteiger partial charge in [0.15, 0.2) is 5.16 Å². The summed E-state index contributed by atoms with van der Waals surface area (Å²) in [6.45, 7) is 4.51. The van der Waals surface area contributed by atoms with E-state index in [0.717, 1.165) is 37.6 Å². The maximum Gasteiger partial charge on any atom is 0.190 e. The molecule has 0 bridgehead atoms. The molecule has 4 nitrogen and oxygen atoms in total. The average Bonchev–Trinajstić information content (AvgIpc) is 2.84. The van der Waals surface area contributed by atoms with E-state index in [9.17, 15) is 0 Å². The van der Waals surface area contributed by atoms with Crippen molar-refractivity contribution in [1.82, 2.24) is 9.97 Å². The second kappa shape index (κ2) is 5.89. The summed E-state index contributed by atoms with van der Waals surface area (Å²) < 4.78 is 5.34. The first-order chi connectivity index (χ1) is 8.20. The first-order valence-corrected chi connectivity index (χ1v) is 7.20. The summed E-state index contributed by atoms with van der Waals surface area (Å²) in [4.78, 5) is 8.61. The Morgan fingerprint density at radius 2 is 2.35 bits per heavy atom. The summed E-state index contributed by atoms with van der Waals surface area (Å²) in [6, 6.07) is 0. The normalized spacial score (nSPS) is 19.6. The zero-order chi connectivity index (χ0) is 12.3. The molecular weight excluding hydrogens is 258 g/mol. The van der Waals surface area contributed by atoms with Gasteiger partial charge in [-0.25, -0.2) is 9.97 Å². The number of rotatable bonds is 4. The molecule has 6 heteroatoms. The summed E-state index contributed by atoms with van der Waals surface area (Å²) in [5.74, 6) is 1.40. The second-order valence-corrected chi connectivity index (χ2v) is 5.22. The highest BCUT2D eigenvalue weighted by atomic mass is 35.5. The minimum Gasteiger partial charge on any atom is -0.381 e. The summed E-state index contributed by atoms with van der Waals surface area (Å²) in [7, 11) is 0. The molecule has 0 saturated carbocycles. The topological polar surface area (TPSA) is 47.0 Å². The van der Waals surface area contributed by atoms with E-state index in [2.05, 4.69) is 15.3 Å². The van der Waals surface area contributed by atoms with Crippen LogP contribution in [0.4, 0.5) is 5.82 Å². The van der Waals surface area contributed by atoms with E-state index >= 15 is 0 Å². The predicted molar refractivity (Wildman–Crippen MR) is 71.0 cm³/mol. The standard InChI is InChI=1S/C11H16ClN3OS/c1-7-9(12)14-11(17-2)15-10(7)13-5-8-3-4-16-6-8/h8H,3-6H2,1-2H3,(H,13,14,15). The maximum atomic E-state index is 6.06. The zero-order valence-electron chi connectivity index (χ0n) is 9.99. The van der Waals surface area contributed by atoms with Gasteiger partial charge >= 0.3 is 0 Å². The van der Waals surface area contributed by atoms with Gasteiger partial charge in [-0.2, -0.15) is 0 Å². The van der Waals surface area contributed by atoms with Crippen LogP contribution in [0.25, 0.3) is 0 Å². The van der Waals surface area contributed by atoms with Gasteiger partial charge in [0.05, 0.1) is 6.61 Å². The fourth-order valence-corrected chi connectivity index (χ4v) is 2.30. The number of thioether (sulfide) groups is 1. The first-order valence-electron chi connectivity index (χ1n) is 5.60. The van der Waals surface area contributed by atoms with Crippen LogP contribution in [-0.2, 0) is 4.74 Å². The van der Waals surface area contributed by atoms with E-state index in [1.165, 1.54) is 11.8 Å². The lowest BCUT2D eigenvalue weighted by Gasteiger charge is -2.13. The Labute approximate surface area is 111 Å². The van der Waals surface area contributed by atoms with Crippen molar-refractivity contribution in [3.8, 4) is 0 Å². The van der Waals surface area contributed by atoms with Gasteiger partial charge in [-0.15, -0.1) is 0 Å². The molecule has 0 aliphatic carbocycles. The van der Waals surface area contributed by atoms with Crippen molar-refractivity contribution in [2.75, 3.05) is 31.3 Å². The Bertz CT molecular complexity index is 397. The Morgan fingerprint density at radius 3 is 3.00 bits per heavy atom. The molecule has 1 aromatic heterocycles. The van der Waals surface area contributed by atoms with Gasteiger partial charge < -0.3 is 10.1 Å². The van der Waals surface area contributed by atoms with Crippen LogP contribution in [0.1, 0.15) is 12.0 Å². The smallest absolute Gasteiger partial charge is 0.190 e. The Hall–Kier alpha value is -0.520. The van der Waals surface area contributed by atoms with Crippen LogP contribution in [0.2, 0.25) is 5.15 Å². The minimum absolute atomic E-state index is 0.523. The molecule has 1 unspecified atom stereocenters. The summed E-state index contributed by atoms with van der Waals surface area (Å²) in [5.41, 5.74) is 0.906. The third kappa shape index (κ3) is 3.24. The molecule has 1 aliphatic heterocycles. The number of nitrogens with one attached hydrogen (secondary N) is 1. The number of nitrogens with zero attached hydrogens (tertiary/aromatic N) is 2. The number of hydrogen-bond donors (Lipinski definition) is 1. The molecule has 2 rings (SSSR count). The van der Waals surface area contributed by atoms with Crippen LogP contribution in [0.5, 0.6) is 0 Å². The molecule has 17 heavy (non-hydrogen) atoms. The van der Waals surface area contributed by atoms with Gasteiger partial charge in [0.25, 0.3) is 0 Å². The third-order valence-corrected chi connectivity index (χ3v) is 3.75. The highest BCUT2D eigenvalue weighted by Crippen LogP contribution is 2.24. The molecule has 0 amide bonds. The van der Waals surface area contributed by atoms with Gasteiger partial charge in [0.1, 0.15) is 11.0 Å². The summed E-state index contributed by atoms with van der Waals surface area (Å²) in [5, 5.41) is 4.56. The number of anilines is 1. The van der Waals surface area contributed by atoms with Crippen LogP contribution in [-0.4, -0.2) is 36.0 Å². The van der Waals surface area contributed by atoms with Crippen LogP contribution < -0.4 is 5.32 Å². The van der Waals surface area contributed by atoms with Crippen LogP contribution in [0, 0.1) is 12.8 Å². The first kappa shape index (κ1) is 12.9. The predicted octanol–water partition coefficient (Wildman–Crippen LogP) is 2.61. The SMILES string of the molecule is CSc1nc(Cl)c(C)c(NCC2CCOC2)n1. The molecule has 1 fully saturated rings. The number of hydrogen-bond acceptors (Lipinski definition) is 5. The lowest BCUT2D eigenvalue weighted by atomic mass is 10.1. The molecule has 0 spiro atoms. The number of ether oxygens (including phenoxy) is 1. The van der Waals surface area contributed by atoms with Gasteiger partial charge in [-0.3, -0.25) is 0 Å². The molecule has 1 aromatic rings. The highest BCUT2D eigenvalue weighted by molar-refractivity contribution is 7.98. The van der Waals surface area contributed by atoms with E-state index in [0.29, 0.717) is 16.2 Å². The molecule has 0 aromatic carbocycles. The average molecular weight is 274 g/mol. The minimum atomic E-state index is 0.523. The largest absolute Gasteiger partial charge is 0.381 e. The van der Waals surface area contributed by atoms with E-state index in [4.69, 9.17) is 16.3 Å². The molecule has 0 radical (unpaired) electrons. The van der Waals surface area contributed by atoms with E-state index in [-0.39, 0.29) is 0 Å². The summed E-state index contributed by atoms with van der Waals surface area (Å²) >= 11 is 7.56. The Kier molecular flexibility index (Phi) is 4.48. The molecule has 2 heterocycles. The van der Waals surface area contributed by atoms with Crippen molar-refractivity contribution in [2.24, 2.45) is 5.92 Å². The molecule has 1 saturated heterocycles. The monoisotopic (exact) mass is 273 g/mol. The maximum absolute atomic E-state index is 6.06. The lowest BCUT2D eigenvalue weighted by Crippen LogP contribution is -2.16. The van der Waals surface area contributed by atoms with Crippen LogP contribution in [0.3, 0.4) is 0 Å². The second-order valence-electron chi connectivity index (χ2n) is 4.09. The van der Waals surface area contributed by atoms with Crippen molar-refractivity contribution < 1.29 is 4.74 Å². The van der Waals surface area contributed by atoms with Crippen molar-refractivity contribution in [1.29, 1.82) is 0 Å². The highest BCUT2D eigenvalue weighted by Gasteiger charge is 2.16. The zero-order valence-corrected chi connectivity index (χ0v) is 11.6. The van der Waals surface area contributed by atoms with Crippen LogP contribution >= 0.6 is 23.4 Å². The number of aromatic nitrogens is 2. The van der Waals surface area contributed by atoms with Crippen molar-refractivity contribution in [3.05, 3.63) is 10.7 Å². The molecular formula is C11H16ClN3OS. The van der Waals surface area contributed by atoms with Gasteiger partial charge in [-0.05, 0) is 19.6 Å². The van der Waals surface area contributed by atoms with Crippen molar-refractivity contribution in [2.45, 2.75) is 18.5 Å². The van der Waals surface area contributed by atoms with Gasteiger partial charge in [0, 0.05) is 24.6 Å². The third-order valence-electron chi connectivity index (χ3n) is 2.83. The lowest BCUT2D eigenvalue weighted by molar-refractivity contribution is 0.187. The molecule has 1 aliphatic rings. The van der Waals surface area contributed by atoms with Crippen molar-refractivity contribution >= 4 is 29.2 Å². The van der Waals surface area contributed by atoms with Crippen molar-refractivity contribution in [3.63, 3.8) is 0 Å². The van der Waals surface area contributed by atoms with E-state index in [1.54, 1.807) is 0 Å².